The lowest BCUT2D eigenvalue weighted by Crippen LogP contribution is -2.00. The first-order valence-electron chi connectivity index (χ1n) is 7.09. The van der Waals surface area contributed by atoms with E-state index in [2.05, 4.69) is 36.2 Å². The Morgan fingerprint density at radius 3 is 2.43 bits per heavy atom. The molecular weight excluding hydrogens is 266 g/mol. The van der Waals surface area contributed by atoms with Gasteiger partial charge in [-0.25, -0.2) is 9.78 Å². The zero-order valence-electron chi connectivity index (χ0n) is 12.1. The van der Waals surface area contributed by atoms with Crippen molar-refractivity contribution in [3.63, 3.8) is 0 Å². The maximum absolute atomic E-state index is 10.7. The number of benzene rings is 1. The van der Waals surface area contributed by atoms with Crippen LogP contribution in [0.3, 0.4) is 0 Å². The summed E-state index contributed by atoms with van der Waals surface area (Å²) in [5.41, 5.74) is 2.56. The summed E-state index contributed by atoms with van der Waals surface area (Å²) in [5.74, 6) is -0.563. The topological polar surface area (TPSA) is 59.4 Å². The number of hydrogen-bond acceptors (Lipinski definition) is 3. The number of carboxylic acid groups (broad SMARTS) is 1. The number of aromatic nitrogens is 1. The highest BCUT2D eigenvalue weighted by Crippen LogP contribution is 2.12. The third-order valence-corrected chi connectivity index (χ3v) is 3.21. The average molecular weight is 285 g/mol. The molecule has 0 spiro atoms. The second-order valence-corrected chi connectivity index (χ2v) is 4.90. The van der Waals surface area contributed by atoms with Gasteiger partial charge in [0.1, 0.15) is 6.61 Å². The molecule has 110 valence electrons. The van der Waals surface area contributed by atoms with Crippen molar-refractivity contribution in [2.24, 2.45) is 0 Å². The van der Waals surface area contributed by atoms with E-state index in [-0.39, 0.29) is 5.56 Å². The van der Waals surface area contributed by atoms with Crippen LogP contribution < -0.4 is 4.74 Å². The molecule has 1 N–H and O–H groups in total. The lowest BCUT2D eigenvalue weighted by Gasteiger charge is -2.06. The molecule has 2 rings (SSSR count). The lowest BCUT2D eigenvalue weighted by molar-refractivity contribution is 0.0696. The number of rotatable bonds is 7. The Labute approximate surface area is 124 Å². The fraction of sp³-hybridized carbons (Fsp3) is 0.294. The van der Waals surface area contributed by atoms with E-state index in [4.69, 9.17) is 9.84 Å². The van der Waals surface area contributed by atoms with Crippen LogP contribution in [0.15, 0.2) is 42.6 Å². The summed E-state index contributed by atoms with van der Waals surface area (Å²) in [7, 11) is 0. The summed E-state index contributed by atoms with van der Waals surface area (Å²) in [6, 6.07) is 11.4. The Balaban J connectivity index is 1.88. The van der Waals surface area contributed by atoms with Crippen LogP contribution in [-0.2, 0) is 13.0 Å². The minimum absolute atomic E-state index is 0.155. The summed E-state index contributed by atoms with van der Waals surface area (Å²) >= 11 is 0. The van der Waals surface area contributed by atoms with Gasteiger partial charge in [0.25, 0.3) is 0 Å². The van der Waals surface area contributed by atoms with Crippen LogP contribution in [0.2, 0.25) is 0 Å². The second-order valence-electron chi connectivity index (χ2n) is 4.90. The zero-order valence-corrected chi connectivity index (χ0v) is 12.1. The molecule has 0 radical (unpaired) electrons. The standard InChI is InChI=1S/C17H19NO3/c1-2-3-4-13-5-7-14(8-6-13)12-21-16-10-9-15(11-18-16)17(19)20/h5-11H,2-4,12H2,1H3,(H,19,20). The van der Waals surface area contributed by atoms with Gasteiger partial charge >= 0.3 is 5.97 Å². The molecule has 1 heterocycles. The Morgan fingerprint density at radius 2 is 1.86 bits per heavy atom. The minimum atomic E-state index is -0.989. The number of carbonyl (C=O) groups is 1. The molecule has 21 heavy (non-hydrogen) atoms. The summed E-state index contributed by atoms with van der Waals surface area (Å²) in [4.78, 5) is 14.7. The molecule has 1 aromatic heterocycles. The van der Waals surface area contributed by atoms with Gasteiger partial charge in [-0.1, -0.05) is 37.6 Å². The number of ether oxygens (including phenoxy) is 1. The van der Waals surface area contributed by atoms with Crippen molar-refractivity contribution in [3.8, 4) is 5.88 Å². The van der Waals surface area contributed by atoms with E-state index in [9.17, 15) is 4.79 Å². The quantitative estimate of drug-likeness (QED) is 0.842. The maximum Gasteiger partial charge on any atom is 0.337 e. The molecule has 0 amide bonds. The van der Waals surface area contributed by atoms with Gasteiger partial charge in [-0.2, -0.15) is 0 Å². The molecule has 0 bridgehead atoms. The summed E-state index contributed by atoms with van der Waals surface area (Å²) in [6.45, 7) is 2.61. The molecule has 0 aliphatic rings. The molecule has 0 saturated carbocycles. The molecule has 0 fully saturated rings. The first-order chi connectivity index (χ1) is 10.2. The molecule has 0 atom stereocenters. The van der Waals surface area contributed by atoms with E-state index < -0.39 is 5.97 Å². The van der Waals surface area contributed by atoms with Gasteiger partial charge in [0.15, 0.2) is 0 Å². The number of aryl methyl sites for hydroxylation is 1. The number of nitrogens with zero attached hydrogens (tertiary/aromatic N) is 1. The van der Waals surface area contributed by atoms with E-state index in [1.165, 1.54) is 30.7 Å². The molecule has 4 heteroatoms. The fourth-order valence-corrected chi connectivity index (χ4v) is 1.93. The van der Waals surface area contributed by atoms with E-state index in [0.29, 0.717) is 12.5 Å². The van der Waals surface area contributed by atoms with E-state index in [0.717, 1.165) is 12.0 Å². The van der Waals surface area contributed by atoms with E-state index >= 15 is 0 Å². The second kappa shape index (κ2) is 7.43. The van der Waals surface area contributed by atoms with Crippen LogP contribution >= 0.6 is 0 Å². The minimum Gasteiger partial charge on any atom is -0.478 e. The van der Waals surface area contributed by atoms with Crippen molar-refractivity contribution in [1.82, 2.24) is 4.98 Å². The van der Waals surface area contributed by atoms with Crippen molar-refractivity contribution in [2.45, 2.75) is 32.8 Å². The summed E-state index contributed by atoms with van der Waals surface area (Å²) < 4.78 is 5.54. The number of hydrogen-bond donors (Lipinski definition) is 1. The van der Waals surface area contributed by atoms with Gasteiger partial charge in [0.05, 0.1) is 5.56 Å². The molecule has 2 aromatic rings. The number of pyridine rings is 1. The van der Waals surface area contributed by atoms with Gasteiger partial charge in [-0.15, -0.1) is 0 Å². The predicted octanol–water partition coefficient (Wildman–Crippen LogP) is 3.70. The monoisotopic (exact) mass is 285 g/mol. The van der Waals surface area contributed by atoms with Crippen LogP contribution in [0.5, 0.6) is 5.88 Å². The predicted molar refractivity (Wildman–Crippen MR) is 80.6 cm³/mol. The highest BCUT2D eigenvalue weighted by Gasteiger charge is 2.03. The summed E-state index contributed by atoms with van der Waals surface area (Å²) in [5, 5.41) is 8.79. The highest BCUT2D eigenvalue weighted by molar-refractivity contribution is 5.87. The normalized spacial score (nSPS) is 10.3. The van der Waals surface area contributed by atoms with E-state index in [1.54, 1.807) is 6.07 Å². The Morgan fingerprint density at radius 1 is 1.14 bits per heavy atom. The number of aromatic carboxylic acids is 1. The average Bonchev–Trinajstić information content (AvgIpc) is 2.52. The van der Waals surface area contributed by atoms with Crippen molar-refractivity contribution in [3.05, 3.63) is 59.3 Å². The third kappa shape index (κ3) is 4.60. The molecule has 1 aromatic carbocycles. The smallest absolute Gasteiger partial charge is 0.337 e. The highest BCUT2D eigenvalue weighted by atomic mass is 16.5. The van der Waals surface area contributed by atoms with Gasteiger partial charge in [0, 0.05) is 12.3 Å². The van der Waals surface area contributed by atoms with Gasteiger partial charge in [0.2, 0.25) is 5.88 Å². The van der Waals surface area contributed by atoms with Crippen LogP contribution in [0.1, 0.15) is 41.3 Å². The summed E-state index contributed by atoms with van der Waals surface area (Å²) in [6.07, 6.45) is 4.81. The lowest BCUT2D eigenvalue weighted by atomic mass is 10.1. The number of carboxylic acids is 1. The van der Waals surface area contributed by atoms with Crippen LogP contribution in [0.4, 0.5) is 0 Å². The SMILES string of the molecule is CCCCc1ccc(COc2ccc(C(=O)O)cn2)cc1. The Kier molecular flexibility index (Phi) is 5.32. The Hall–Kier alpha value is -2.36. The maximum atomic E-state index is 10.7. The van der Waals surface area contributed by atoms with Gasteiger partial charge in [-0.3, -0.25) is 0 Å². The van der Waals surface area contributed by atoms with Crippen molar-refractivity contribution in [1.29, 1.82) is 0 Å². The zero-order chi connectivity index (χ0) is 15.1. The first-order valence-corrected chi connectivity index (χ1v) is 7.09. The van der Waals surface area contributed by atoms with Crippen LogP contribution in [-0.4, -0.2) is 16.1 Å². The van der Waals surface area contributed by atoms with E-state index in [1.807, 2.05) is 0 Å². The van der Waals surface area contributed by atoms with Gasteiger partial charge in [-0.05, 0) is 30.0 Å². The molecule has 4 nitrogen and oxygen atoms in total. The van der Waals surface area contributed by atoms with Crippen molar-refractivity contribution >= 4 is 5.97 Å². The largest absolute Gasteiger partial charge is 0.478 e. The number of unbranched alkanes of at least 4 members (excludes halogenated alkanes) is 1. The molecule has 0 aliphatic carbocycles. The Bertz CT molecular complexity index is 576. The fourth-order valence-electron chi connectivity index (χ4n) is 1.93. The van der Waals surface area contributed by atoms with Crippen molar-refractivity contribution < 1.29 is 14.6 Å². The molecule has 0 aliphatic heterocycles. The molecule has 0 saturated heterocycles. The van der Waals surface area contributed by atoms with Crippen LogP contribution in [0.25, 0.3) is 0 Å². The van der Waals surface area contributed by atoms with Gasteiger partial charge < -0.3 is 9.84 Å². The third-order valence-electron chi connectivity index (χ3n) is 3.21. The molecule has 0 unspecified atom stereocenters. The first kappa shape index (κ1) is 15.0. The van der Waals surface area contributed by atoms with Crippen LogP contribution in [0, 0.1) is 0 Å². The van der Waals surface area contributed by atoms with Crippen molar-refractivity contribution in [2.75, 3.05) is 0 Å². The molecular formula is C17H19NO3.